The predicted molar refractivity (Wildman–Crippen MR) is 69.9 cm³/mol. The monoisotopic (exact) mass is 265 g/mol. The summed E-state index contributed by atoms with van der Waals surface area (Å²) in [5.74, 6) is -0.795. The number of fused-ring (bicyclic) bond motifs is 1. The van der Waals surface area contributed by atoms with Crippen LogP contribution < -0.4 is 0 Å². The van der Waals surface area contributed by atoms with Gasteiger partial charge in [0.1, 0.15) is 6.04 Å². The summed E-state index contributed by atoms with van der Waals surface area (Å²) in [5.41, 5.74) is 2.30. The average Bonchev–Trinajstić information content (AvgIpc) is 2.42. The maximum atomic E-state index is 11.3. The topological polar surface area (TPSA) is 70.0 Å². The van der Waals surface area contributed by atoms with Gasteiger partial charge in [-0.1, -0.05) is 24.3 Å². The molecule has 5 heteroatoms. The van der Waals surface area contributed by atoms with E-state index >= 15 is 0 Å². The molecule has 0 bridgehead atoms. The third-order valence-corrected chi connectivity index (χ3v) is 3.39. The molecule has 0 aromatic heterocycles. The molecule has 104 valence electrons. The first-order valence-electron chi connectivity index (χ1n) is 6.44. The van der Waals surface area contributed by atoms with Crippen LogP contribution in [0.1, 0.15) is 11.1 Å². The number of aliphatic carboxylic acids is 1. The molecule has 19 heavy (non-hydrogen) atoms. The molecule has 0 radical (unpaired) electrons. The van der Waals surface area contributed by atoms with Crippen LogP contribution in [0.15, 0.2) is 24.3 Å². The van der Waals surface area contributed by atoms with Crippen LogP contribution in [0.3, 0.4) is 0 Å². The van der Waals surface area contributed by atoms with Crippen LogP contribution in [0.5, 0.6) is 0 Å². The first kappa shape index (κ1) is 14.0. The number of ether oxygens (including phenoxy) is 1. The normalized spacial score (nSPS) is 19.1. The quantitative estimate of drug-likeness (QED) is 0.733. The van der Waals surface area contributed by atoms with Gasteiger partial charge in [-0.3, -0.25) is 9.69 Å². The number of nitrogens with zero attached hydrogens (tertiary/aromatic N) is 1. The Hall–Kier alpha value is -1.43. The first-order valence-corrected chi connectivity index (χ1v) is 6.44. The Morgan fingerprint density at radius 3 is 2.74 bits per heavy atom. The Kier molecular flexibility index (Phi) is 4.90. The number of aliphatic hydroxyl groups excluding tert-OH is 1. The number of hydrogen-bond donors (Lipinski definition) is 2. The summed E-state index contributed by atoms with van der Waals surface area (Å²) in [6, 6.07) is 7.45. The number of carboxylic acid groups (broad SMARTS) is 1. The highest BCUT2D eigenvalue weighted by Gasteiger charge is 2.30. The van der Waals surface area contributed by atoms with E-state index < -0.39 is 12.0 Å². The van der Waals surface area contributed by atoms with Gasteiger partial charge in [0.05, 0.1) is 19.8 Å². The Morgan fingerprint density at radius 1 is 1.32 bits per heavy atom. The van der Waals surface area contributed by atoms with Gasteiger partial charge in [-0.15, -0.1) is 0 Å². The van der Waals surface area contributed by atoms with E-state index in [0.29, 0.717) is 32.7 Å². The summed E-state index contributed by atoms with van der Waals surface area (Å²) in [5, 5.41) is 18.0. The SMILES string of the molecule is O=C(O)[C@@H]1Cc2ccccc2CN1CCOCCO. The molecular weight excluding hydrogens is 246 g/mol. The second-order valence-electron chi connectivity index (χ2n) is 4.63. The summed E-state index contributed by atoms with van der Waals surface area (Å²) < 4.78 is 5.22. The largest absolute Gasteiger partial charge is 0.480 e. The van der Waals surface area contributed by atoms with Crippen molar-refractivity contribution in [2.45, 2.75) is 19.0 Å². The summed E-state index contributed by atoms with van der Waals surface area (Å²) in [6.07, 6.45) is 0.533. The zero-order valence-electron chi connectivity index (χ0n) is 10.8. The van der Waals surface area contributed by atoms with Crippen molar-refractivity contribution in [3.63, 3.8) is 0 Å². The molecule has 0 saturated heterocycles. The van der Waals surface area contributed by atoms with E-state index in [2.05, 4.69) is 0 Å². The lowest BCUT2D eigenvalue weighted by Gasteiger charge is -2.34. The Balaban J connectivity index is 2.02. The average molecular weight is 265 g/mol. The van der Waals surface area contributed by atoms with E-state index in [0.717, 1.165) is 5.56 Å². The number of aliphatic hydroxyl groups is 1. The minimum atomic E-state index is -0.795. The lowest BCUT2D eigenvalue weighted by Crippen LogP contribution is -2.46. The van der Waals surface area contributed by atoms with Crippen LogP contribution >= 0.6 is 0 Å². The minimum absolute atomic E-state index is 0.00874. The molecule has 0 spiro atoms. The van der Waals surface area contributed by atoms with Crippen molar-refractivity contribution < 1.29 is 19.7 Å². The van der Waals surface area contributed by atoms with E-state index in [1.807, 2.05) is 29.2 Å². The second-order valence-corrected chi connectivity index (χ2v) is 4.63. The summed E-state index contributed by atoms with van der Waals surface area (Å²) in [6.45, 7) is 1.92. The van der Waals surface area contributed by atoms with E-state index in [4.69, 9.17) is 9.84 Å². The molecule has 1 aliphatic heterocycles. The van der Waals surface area contributed by atoms with Gasteiger partial charge in [-0.05, 0) is 17.5 Å². The standard InChI is InChI=1S/C14H19NO4/c16-6-8-19-7-5-15-10-12-4-2-1-3-11(12)9-13(15)14(17)18/h1-4,13,16H,5-10H2,(H,17,18)/t13-/m0/s1. The van der Waals surface area contributed by atoms with E-state index in [1.54, 1.807) is 0 Å². The van der Waals surface area contributed by atoms with Crippen LogP contribution in [0, 0.1) is 0 Å². The van der Waals surface area contributed by atoms with Crippen LogP contribution in [0.4, 0.5) is 0 Å². The van der Waals surface area contributed by atoms with Crippen LogP contribution in [0.2, 0.25) is 0 Å². The lowest BCUT2D eigenvalue weighted by atomic mass is 9.94. The van der Waals surface area contributed by atoms with Gasteiger partial charge in [0.15, 0.2) is 0 Å². The highest BCUT2D eigenvalue weighted by atomic mass is 16.5. The molecule has 0 amide bonds. The van der Waals surface area contributed by atoms with Gasteiger partial charge < -0.3 is 14.9 Å². The minimum Gasteiger partial charge on any atom is -0.480 e. The molecule has 1 aromatic carbocycles. The molecule has 5 nitrogen and oxygen atoms in total. The molecule has 0 unspecified atom stereocenters. The van der Waals surface area contributed by atoms with E-state index in [-0.39, 0.29) is 6.61 Å². The Labute approximate surface area is 112 Å². The number of benzene rings is 1. The molecule has 1 heterocycles. The molecule has 1 atom stereocenters. The molecule has 2 rings (SSSR count). The van der Waals surface area contributed by atoms with Crippen molar-refractivity contribution in [2.75, 3.05) is 26.4 Å². The molecule has 0 saturated carbocycles. The number of hydrogen-bond acceptors (Lipinski definition) is 4. The number of rotatable bonds is 6. The van der Waals surface area contributed by atoms with Gasteiger partial charge in [0.2, 0.25) is 0 Å². The van der Waals surface area contributed by atoms with Crippen molar-refractivity contribution in [1.82, 2.24) is 4.90 Å². The van der Waals surface area contributed by atoms with Gasteiger partial charge in [-0.2, -0.15) is 0 Å². The molecular formula is C14H19NO4. The number of carboxylic acids is 1. The smallest absolute Gasteiger partial charge is 0.321 e. The van der Waals surface area contributed by atoms with Gasteiger partial charge in [-0.25, -0.2) is 0 Å². The van der Waals surface area contributed by atoms with Crippen molar-refractivity contribution in [2.24, 2.45) is 0 Å². The van der Waals surface area contributed by atoms with Crippen molar-refractivity contribution >= 4 is 5.97 Å². The highest BCUT2D eigenvalue weighted by molar-refractivity contribution is 5.74. The second kappa shape index (κ2) is 6.65. The molecule has 0 aliphatic carbocycles. The molecule has 1 aliphatic rings. The Bertz CT molecular complexity index is 435. The van der Waals surface area contributed by atoms with Crippen LogP contribution in [-0.4, -0.2) is 53.5 Å². The van der Waals surface area contributed by atoms with Gasteiger partial charge in [0, 0.05) is 13.1 Å². The van der Waals surface area contributed by atoms with Crippen molar-refractivity contribution in [3.05, 3.63) is 35.4 Å². The fourth-order valence-corrected chi connectivity index (χ4v) is 2.40. The van der Waals surface area contributed by atoms with E-state index in [9.17, 15) is 9.90 Å². The van der Waals surface area contributed by atoms with E-state index in [1.165, 1.54) is 5.56 Å². The van der Waals surface area contributed by atoms with Gasteiger partial charge in [0.25, 0.3) is 0 Å². The molecule has 1 aromatic rings. The first-order chi connectivity index (χ1) is 9.22. The fourth-order valence-electron chi connectivity index (χ4n) is 2.40. The van der Waals surface area contributed by atoms with Crippen LogP contribution in [-0.2, 0) is 22.5 Å². The third kappa shape index (κ3) is 3.53. The summed E-state index contributed by atoms with van der Waals surface area (Å²) in [7, 11) is 0. The zero-order valence-corrected chi connectivity index (χ0v) is 10.8. The summed E-state index contributed by atoms with van der Waals surface area (Å²) in [4.78, 5) is 13.3. The highest BCUT2D eigenvalue weighted by Crippen LogP contribution is 2.23. The lowest BCUT2D eigenvalue weighted by molar-refractivity contribution is -0.144. The third-order valence-electron chi connectivity index (χ3n) is 3.39. The molecule has 2 N–H and O–H groups in total. The van der Waals surface area contributed by atoms with Crippen molar-refractivity contribution in [1.29, 1.82) is 0 Å². The zero-order chi connectivity index (χ0) is 13.7. The maximum absolute atomic E-state index is 11.3. The van der Waals surface area contributed by atoms with Crippen molar-refractivity contribution in [3.8, 4) is 0 Å². The van der Waals surface area contributed by atoms with Gasteiger partial charge >= 0.3 is 5.97 Å². The predicted octanol–water partition coefficient (Wildman–Crippen LogP) is 0.507. The number of carbonyl (C=O) groups is 1. The molecule has 0 fully saturated rings. The Morgan fingerprint density at radius 2 is 2.05 bits per heavy atom. The fraction of sp³-hybridized carbons (Fsp3) is 0.500. The van der Waals surface area contributed by atoms with Crippen LogP contribution in [0.25, 0.3) is 0 Å². The maximum Gasteiger partial charge on any atom is 0.321 e. The summed E-state index contributed by atoms with van der Waals surface area (Å²) >= 11 is 0.